The number of hydrogen-bond donors (Lipinski definition) is 0. The van der Waals surface area contributed by atoms with Crippen LogP contribution in [0.4, 0.5) is 0 Å². The van der Waals surface area contributed by atoms with E-state index in [1.807, 2.05) is 0 Å². The number of rotatable bonds is 20. The minimum Gasteiger partial charge on any atom is -0.381 e. The molecule has 0 aromatic heterocycles. The highest BCUT2D eigenvalue weighted by molar-refractivity contribution is 4.60. The predicted molar refractivity (Wildman–Crippen MR) is 124 cm³/mol. The second-order valence-electron chi connectivity index (χ2n) is 10.4. The molecule has 0 bridgehead atoms. The summed E-state index contributed by atoms with van der Waals surface area (Å²) >= 11 is 0. The van der Waals surface area contributed by atoms with Gasteiger partial charge in [-0.3, -0.25) is 0 Å². The molecule has 0 aliphatic carbocycles. The molecule has 0 aliphatic heterocycles. The highest BCUT2D eigenvalue weighted by Gasteiger charge is 2.08. The zero-order chi connectivity index (χ0) is 20.2. The maximum atomic E-state index is 5.75. The summed E-state index contributed by atoms with van der Waals surface area (Å²) in [7, 11) is 0. The Kier molecular flexibility index (Phi) is 19.3. The van der Waals surface area contributed by atoms with Gasteiger partial charge in [0.2, 0.25) is 0 Å². The van der Waals surface area contributed by atoms with Gasteiger partial charge in [-0.2, -0.15) is 0 Å². The molecule has 0 saturated carbocycles. The molecule has 0 aromatic rings. The van der Waals surface area contributed by atoms with Crippen LogP contribution in [0.5, 0.6) is 0 Å². The van der Waals surface area contributed by atoms with Crippen molar-refractivity contribution in [3.05, 3.63) is 0 Å². The molecular weight excluding hydrogens is 328 g/mol. The zero-order valence-electron chi connectivity index (χ0n) is 19.9. The molecule has 0 rings (SSSR count). The third kappa shape index (κ3) is 26.0. The Balaban J connectivity index is 3.03. The average Bonchev–Trinajstić information content (AvgIpc) is 2.58. The lowest BCUT2D eigenvalue weighted by Gasteiger charge is -2.17. The molecule has 0 heterocycles. The van der Waals surface area contributed by atoms with E-state index in [0.29, 0.717) is 5.41 Å². The summed E-state index contributed by atoms with van der Waals surface area (Å²) in [6, 6.07) is 0. The highest BCUT2D eigenvalue weighted by atomic mass is 16.5. The van der Waals surface area contributed by atoms with Crippen LogP contribution in [0.3, 0.4) is 0 Å². The van der Waals surface area contributed by atoms with E-state index in [4.69, 9.17) is 4.74 Å². The Bertz CT molecular complexity index is 276. The second-order valence-corrected chi connectivity index (χ2v) is 10.4. The molecule has 0 atom stereocenters. The van der Waals surface area contributed by atoms with Crippen molar-refractivity contribution in [2.45, 2.75) is 144 Å². The van der Waals surface area contributed by atoms with Crippen LogP contribution in [0, 0.1) is 11.3 Å². The second kappa shape index (κ2) is 19.3. The van der Waals surface area contributed by atoms with Gasteiger partial charge in [-0.05, 0) is 30.6 Å². The van der Waals surface area contributed by atoms with E-state index in [0.717, 1.165) is 19.1 Å². The van der Waals surface area contributed by atoms with Crippen molar-refractivity contribution in [3.63, 3.8) is 0 Å². The van der Waals surface area contributed by atoms with Crippen LogP contribution in [-0.4, -0.2) is 13.2 Å². The van der Waals surface area contributed by atoms with Crippen LogP contribution in [0.25, 0.3) is 0 Å². The molecule has 1 heteroatoms. The Morgan fingerprint density at radius 3 is 1.30 bits per heavy atom. The summed E-state index contributed by atoms with van der Waals surface area (Å²) < 4.78 is 5.75. The summed E-state index contributed by atoms with van der Waals surface area (Å²) in [6.07, 6.45) is 24.0. The first-order valence-electron chi connectivity index (χ1n) is 12.5. The Morgan fingerprint density at radius 2 is 0.889 bits per heavy atom. The third-order valence-corrected chi connectivity index (χ3v) is 5.54. The molecule has 0 radical (unpaired) electrons. The largest absolute Gasteiger partial charge is 0.381 e. The van der Waals surface area contributed by atoms with Crippen molar-refractivity contribution in [2.24, 2.45) is 11.3 Å². The predicted octanol–water partition coefficient (Wildman–Crippen LogP) is 9.34. The molecule has 27 heavy (non-hydrogen) atoms. The van der Waals surface area contributed by atoms with Gasteiger partial charge in [0.15, 0.2) is 0 Å². The van der Waals surface area contributed by atoms with Crippen LogP contribution in [0.2, 0.25) is 0 Å². The van der Waals surface area contributed by atoms with Gasteiger partial charge in [-0.25, -0.2) is 0 Å². The molecule has 1 nitrogen and oxygen atoms in total. The SMILES string of the molecule is CC(C)CCCCCCCCCCCCCCCCOCCCC(C)(C)C. The molecule has 0 N–H and O–H groups in total. The molecule has 0 unspecified atom stereocenters. The van der Waals surface area contributed by atoms with Crippen molar-refractivity contribution < 1.29 is 4.74 Å². The van der Waals surface area contributed by atoms with Crippen LogP contribution >= 0.6 is 0 Å². The van der Waals surface area contributed by atoms with Crippen molar-refractivity contribution in [2.75, 3.05) is 13.2 Å². The maximum absolute atomic E-state index is 5.75. The molecule has 0 amide bonds. The van der Waals surface area contributed by atoms with Gasteiger partial charge in [0.05, 0.1) is 0 Å². The zero-order valence-corrected chi connectivity index (χ0v) is 19.9. The van der Waals surface area contributed by atoms with Gasteiger partial charge < -0.3 is 4.74 Å². The first kappa shape index (κ1) is 27.0. The normalized spacial score (nSPS) is 12.2. The summed E-state index contributed by atoms with van der Waals surface area (Å²) in [6.45, 7) is 13.5. The van der Waals surface area contributed by atoms with Crippen LogP contribution in [-0.2, 0) is 4.74 Å². The topological polar surface area (TPSA) is 9.23 Å². The standard InChI is InChI=1S/C26H54O/c1-25(2)21-18-16-14-12-10-8-6-7-9-11-13-15-17-19-23-27-24-20-22-26(3,4)5/h25H,6-24H2,1-5H3. The lowest BCUT2D eigenvalue weighted by molar-refractivity contribution is 0.118. The van der Waals surface area contributed by atoms with Crippen molar-refractivity contribution in [1.82, 2.24) is 0 Å². The van der Waals surface area contributed by atoms with Crippen molar-refractivity contribution >= 4 is 0 Å². The first-order chi connectivity index (χ1) is 12.9. The van der Waals surface area contributed by atoms with Crippen LogP contribution in [0.1, 0.15) is 144 Å². The summed E-state index contributed by atoms with van der Waals surface area (Å²) in [5.74, 6) is 0.890. The fourth-order valence-corrected chi connectivity index (χ4v) is 3.68. The number of unbranched alkanes of at least 4 members (excludes halogenated alkanes) is 13. The van der Waals surface area contributed by atoms with Crippen molar-refractivity contribution in [1.29, 1.82) is 0 Å². The van der Waals surface area contributed by atoms with E-state index in [2.05, 4.69) is 34.6 Å². The summed E-state index contributed by atoms with van der Waals surface area (Å²) in [4.78, 5) is 0. The smallest absolute Gasteiger partial charge is 0.0466 e. The number of hydrogen-bond acceptors (Lipinski definition) is 1. The van der Waals surface area contributed by atoms with E-state index >= 15 is 0 Å². The maximum Gasteiger partial charge on any atom is 0.0466 e. The molecule has 0 saturated heterocycles. The van der Waals surface area contributed by atoms with Gasteiger partial charge in [-0.15, -0.1) is 0 Å². The fourth-order valence-electron chi connectivity index (χ4n) is 3.68. The summed E-state index contributed by atoms with van der Waals surface area (Å²) in [5.41, 5.74) is 0.455. The Labute approximate surface area is 173 Å². The molecule has 164 valence electrons. The van der Waals surface area contributed by atoms with Gasteiger partial charge in [0, 0.05) is 13.2 Å². The molecule has 0 aromatic carbocycles. The molecule has 0 aliphatic rings. The highest BCUT2D eigenvalue weighted by Crippen LogP contribution is 2.20. The van der Waals surface area contributed by atoms with E-state index in [1.54, 1.807) is 0 Å². The van der Waals surface area contributed by atoms with E-state index < -0.39 is 0 Å². The van der Waals surface area contributed by atoms with E-state index in [9.17, 15) is 0 Å². The van der Waals surface area contributed by atoms with E-state index in [1.165, 1.54) is 109 Å². The Hall–Kier alpha value is -0.0400. The van der Waals surface area contributed by atoms with Gasteiger partial charge in [0.1, 0.15) is 0 Å². The average molecular weight is 383 g/mol. The van der Waals surface area contributed by atoms with Gasteiger partial charge in [0.25, 0.3) is 0 Å². The summed E-state index contributed by atoms with van der Waals surface area (Å²) in [5, 5.41) is 0. The third-order valence-electron chi connectivity index (χ3n) is 5.54. The van der Waals surface area contributed by atoms with Gasteiger partial charge in [-0.1, -0.05) is 125 Å². The lowest BCUT2D eigenvalue weighted by Crippen LogP contribution is -2.07. The monoisotopic (exact) mass is 382 g/mol. The quantitative estimate of drug-likeness (QED) is 0.190. The molecule has 0 spiro atoms. The lowest BCUT2D eigenvalue weighted by atomic mass is 9.91. The Morgan fingerprint density at radius 1 is 0.519 bits per heavy atom. The van der Waals surface area contributed by atoms with Crippen LogP contribution in [0.15, 0.2) is 0 Å². The molecule has 0 fully saturated rings. The van der Waals surface area contributed by atoms with Gasteiger partial charge >= 0.3 is 0 Å². The minimum atomic E-state index is 0.455. The molecular formula is C26H54O. The number of ether oxygens (including phenoxy) is 1. The fraction of sp³-hybridized carbons (Fsp3) is 1.00. The first-order valence-corrected chi connectivity index (χ1v) is 12.5. The van der Waals surface area contributed by atoms with Crippen molar-refractivity contribution in [3.8, 4) is 0 Å². The van der Waals surface area contributed by atoms with E-state index in [-0.39, 0.29) is 0 Å². The minimum absolute atomic E-state index is 0.455. The van der Waals surface area contributed by atoms with Crippen LogP contribution < -0.4 is 0 Å².